The minimum Gasteiger partial charge on any atom is -0.497 e. The number of ether oxygens (including phenoxy) is 2. The molecule has 1 aliphatic rings. The summed E-state index contributed by atoms with van der Waals surface area (Å²) >= 11 is 0. The largest absolute Gasteiger partial charge is 0.497 e. The van der Waals surface area contributed by atoms with E-state index in [9.17, 15) is 4.79 Å². The van der Waals surface area contributed by atoms with Crippen molar-refractivity contribution >= 4 is 5.91 Å². The minimum absolute atomic E-state index is 0.0462. The van der Waals surface area contributed by atoms with Crippen LogP contribution in [0.5, 0.6) is 11.5 Å². The Morgan fingerprint density at radius 3 is 2.40 bits per heavy atom. The Hall–Kier alpha value is -2.53. The van der Waals surface area contributed by atoms with Gasteiger partial charge in [0.25, 0.3) is 5.91 Å². The number of piperazine rings is 1. The first-order chi connectivity index (χ1) is 12.2. The van der Waals surface area contributed by atoms with Gasteiger partial charge in [-0.15, -0.1) is 0 Å². The maximum atomic E-state index is 12.3. The lowest BCUT2D eigenvalue weighted by Crippen LogP contribution is -2.49. The van der Waals surface area contributed by atoms with Gasteiger partial charge in [-0.25, -0.2) is 0 Å². The highest BCUT2D eigenvalue weighted by molar-refractivity contribution is 5.77. The van der Waals surface area contributed by atoms with Crippen LogP contribution in [0, 0.1) is 0 Å². The van der Waals surface area contributed by atoms with Crippen LogP contribution in [0.25, 0.3) is 0 Å². The van der Waals surface area contributed by atoms with Gasteiger partial charge in [-0.3, -0.25) is 9.69 Å². The second-order valence-corrected chi connectivity index (χ2v) is 6.11. The molecule has 0 aromatic heterocycles. The summed E-state index contributed by atoms with van der Waals surface area (Å²) in [6, 6.07) is 17.6. The summed E-state index contributed by atoms with van der Waals surface area (Å²) < 4.78 is 10.8. The van der Waals surface area contributed by atoms with Crippen molar-refractivity contribution in [1.29, 1.82) is 0 Å². The summed E-state index contributed by atoms with van der Waals surface area (Å²) in [6.07, 6.45) is 0. The Bertz CT molecular complexity index is 682. The monoisotopic (exact) mass is 340 g/mol. The van der Waals surface area contributed by atoms with Gasteiger partial charge in [0.15, 0.2) is 6.61 Å². The topological polar surface area (TPSA) is 42.0 Å². The van der Waals surface area contributed by atoms with Crippen LogP contribution in [0.3, 0.4) is 0 Å². The Morgan fingerprint density at radius 1 is 0.960 bits per heavy atom. The number of methoxy groups -OCH3 is 1. The first-order valence-electron chi connectivity index (χ1n) is 8.55. The van der Waals surface area contributed by atoms with Crippen LogP contribution in [0.1, 0.15) is 5.56 Å². The number of hydrogen-bond donors (Lipinski definition) is 0. The summed E-state index contributed by atoms with van der Waals surface area (Å²) in [5.41, 5.74) is 1.23. The highest BCUT2D eigenvalue weighted by Crippen LogP contribution is 2.15. The van der Waals surface area contributed by atoms with Gasteiger partial charge in [0.2, 0.25) is 0 Å². The van der Waals surface area contributed by atoms with Crippen LogP contribution < -0.4 is 9.47 Å². The Morgan fingerprint density at radius 2 is 1.68 bits per heavy atom. The first-order valence-corrected chi connectivity index (χ1v) is 8.55. The molecule has 0 aliphatic carbocycles. The van der Waals surface area contributed by atoms with Crippen molar-refractivity contribution in [3.05, 3.63) is 60.2 Å². The maximum absolute atomic E-state index is 12.3. The average molecular weight is 340 g/mol. The van der Waals surface area contributed by atoms with Crippen LogP contribution >= 0.6 is 0 Å². The third-order valence-electron chi connectivity index (χ3n) is 4.37. The van der Waals surface area contributed by atoms with E-state index < -0.39 is 0 Å². The number of carbonyl (C=O) groups is 1. The zero-order valence-corrected chi connectivity index (χ0v) is 14.6. The molecule has 0 atom stereocenters. The molecule has 1 fully saturated rings. The number of hydrogen-bond acceptors (Lipinski definition) is 4. The molecule has 1 heterocycles. The van der Waals surface area contributed by atoms with Crippen LogP contribution in [-0.2, 0) is 11.3 Å². The highest BCUT2D eigenvalue weighted by atomic mass is 16.5. The molecule has 0 N–H and O–H groups in total. The Balaban J connectivity index is 1.44. The Labute approximate surface area is 148 Å². The summed E-state index contributed by atoms with van der Waals surface area (Å²) in [4.78, 5) is 16.5. The predicted molar refractivity (Wildman–Crippen MR) is 96.8 cm³/mol. The number of rotatable bonds is 6. The lowest BCUT2D eigenvalue weighted by molar-refractivity contribution is -0.135. The molecular weight excluding hydrogens is 316 g/mol. The van der Waals surface area contributed by atoms with E-state index in [2.05, 4.69) is 17.0 Å². The highest BCUT2D eigenvalue weighted by Gasteiger charge is 2.21. The standard InChI is InChI=1S/C20H24N2O3/c1-24-19-9-5-6-17(14-19)15-21-10-12-22(13-11-21)20(23)16-25-18-7-3-2-4-8-18/h2-9,14H,10-13,15-16H2,1H3. The summed E-state index contributed by atoms with van der Waals surface area (Å²) in [5, 5.41) is 0. The average Bonchev–Trinajstić information content (AvgIpc) is 2.67. The number of nitrogens with zero attached hydrogens (tertiary/aromatic N) is 2. The van der Waals surface area contributed by atoms with E-state index in [1.54, 1.807) is 7.11 Å². The first kappa shape index (κ1) is 17.3. The van der Waals surface area contributed by atoms with Crippen LogP contribution in [0.4, 0.5) is 0 Å². The van der Waals surface area contributed by atoms with E-state index >= 15 is 0 Å². The molecule has 3 rings (SSSR count). The number of para-hydroxylation sites is 1. The molecule has 1 amide bonds. The smallest absolute Gasteiger partial charge is 0.260 e. The normalized spacial score (nSPS) is 15.0. The van der Waals surface area contributed by atoms with Gasteiger partial charge < -0.3 is 14.4 Å². The number of amides is 1. The minimum atomic E-state index is 0.0462. The van der Waals surface area contributed by atoms with Gasteiger partial charge in [0.1, 0.15) is 11.5 Å². The van der Waals surface area contributed by atoms with E-state index in [0.717, 1.165) is 44.2 Å². The molecule has 2 aromatic rings. The SMILES string of the molecule is COc1cccc(CN2CCN(C(=O)COc3ccccc3)CC2)c1. The van der Waals surface area contributed by atoms with Gasteiger partial charge in [0, 0.05) is 32.7 Å². The quantitative estimate of drug-likeness (QED) is 0.810. The van der Waals surface area contributed by atoms with Gasteiger partial charge in [-0.1, -0.05) is 30.3 Å². The number of benzene rings is 2. The molecule has 0 radical (unpaired) electrons. The van der Waals surface area contributed by atoms with Crippen molar-refractivity contribution in [2.24, 2.45) is 0 Å². The Kier molecular flexibility index (Phi) is 5.90. The van der Waals surface area contributed by atoms with E-state index in [1.807, 2.05) is 47.4 Å². The fraction of sp³-hybridized carbons (Fsp3) is 0.350. The second-order valence-electron chi connectivity index (χ2n) is 6.11. The lowest BCUT2D eigenvalue weighted by Gasteiger charge is -2.34. The molecule has 5 nitrogen and oxygen atoms in total. The van der Waals surface area contributed by atoms with Gasteiger partial charge >= 0.3 is 0 Å². The van der Waals surface area contributed by atoms with Crippen molar-refractivity contribution in [3.63, 3.8) is 0 Å². The third-order valence-corrected chi connectivity index (χ3v) is 4.37. The summed E-state index contributed by atoms with van der Waals surface area (Å²) in [7, 11) is 1.68. The molecule has 0 saturated carbocycles. The fourth-order valence-corrected chi connectivity index (χ4v) is 2.94. The lowest BCUT2D eigenvalue weighted by atomic mass is 10.2. The van der Waals surface area contributed by atoms with E-state index in [-0.39, 0.29) is 12.5 Å². The molecule has 0 spiro atoms. The van der Waals surface area contributed by atoms with Gasteiger partial charge in [0.05, 0.1) is 7.11 Å². The zero-order chi connectivity index (χ0) is 17.5. The van der Waals surface area contributed by atoms with Crippen molar-refractivity contribution in [2.45, 2.75) is 6.54 Å². The second kappa shape index (κ2) is 8.53. The van der Waals surface area contributed by atoms with Crippen LogP contribution in [-0.4, -0.2) is 55.6 Å². The van der Waals surface area contributed by atoms with Crippen LogP contribution in [0.2, 0.25) is 0 Å². The molecular formula is C20H24N2O3. The van der Waals surface area contributed by atoms with Crippen molar-refractivity contribution in [3.8, 4) is 11.5 Å². The van der Waals surface area contributed by atoms with E-state index in [1.165, 1.54) is 5.56 Å². The van der Waals surface area contributed by atoms with E-state index in [4.69, 9.17) is 9.47 Å². The van der Waals surface area contributed by atoms with Crippen molar-refractivity contribution in [2.75, 3.05) is 39.9 Å². The molecule has 1 aliphatic heterocycles. The summed E-state index contributed by atoms with van der Waals surface area (Å²) in [6.45, 7) is 4.18. The molecule has 2 aromatic carbocycles. The van der Waals surface area contributed by atoms with E-state index in [0.29, 0.717) is 0 Å². The fourth-order valence-electron chi connectivity index (χ4n) is 2.94. The molecule has 5 heteroatoms. The van der Waals surface area contributed by atoms with Gasteiger partial charge in [-0.05, 0) is 29.8 Å². The summed E-state index contributed by atoms with van der Waals surface area (Å²) in [5.74, 6) is 1.65. The van der Waals surface area contributed by atoms with Crippen LogP contribution in [0.15, 0.2) is 54.6 Å². The van der Waals surface area contributed by atoms with Gasteiger partial charge in [-0.2, -0.15) is 0 Å². The molecule has 0 unspecified atom stereocenters. The molecule has 25 heavy (non-hydrogen) atoms. The predicted octanol–water partition coefficient (Wildman–Crippen LogP) is 2.42. The van der Waals surface area contributed by atoms with Crippen molar-refractivity contribution < 1.29 is 14.3 Å². The zero-order valence-electron chi connectivity index (χ0n) is 14.6. The molecule has 0 bridgehead atoms. The van der Waals surface area contributed by atoms with Crippen molar-refractivity contribution in [1.82, 2.24) is 9.80 Å². The maximum Gasteiger partial charge on any atom is 0.260 e. The third kappa shape index (κ3) is 4.97. The molecule has 132 valence electrons. The number of carbonyl (C=O) groups excluding carboxylic acids is 1. The molecule has 1 saturated heterocycles.